The van der Waals surface area contributed by atoms with Gasteiger partial charge in [-0.15, -0.1) is 0 Å². The average Bonchev–Trinajstić information content (AvgIpc) is 3.19. The molecule has 0 atom stereocenters. The van der Waals surface area contributed by atoms with Gasteiger partial charge in [-0.05, 0) is 46.2 Å². The zero-order valence-electron chi connectivity index (χ0n) is 21.1. The maximum absolute atomic E-state index is 13.2. The third-order valence-corrected chi connectivity index (χ3v) is 4.93. The van der Waals surface area contributed by atoms with Gasteiger partial charge in [0.2, 0.25) is 5.95 Å². The number of esters is 1. The van der Waals surface area contributed by atoms with Gasteiger partial charge in [0.25, 0.3) is 0 Å². The van der Waals surface area contributed by atoms with Crippen molar-refractivity contribution in [2.75, 3.05) is 23.4 Å². The van der Waals surface area contributed by atoms with Crippen LogP contribution in [0.5, 0.6) is 0 Å². The van der Waals surface area contributed by atoms with E-state index in [1.165, 1.54) is 11.2 Å². The van der Waals surface area contributed by atoms with Crippen LogP contribution in [-0.2, 0) is 20.8 Å². The first-order valence-corrected chi connectivity index (χ1v) is 11.9. The van der Waals surface area contributed by atoms with Crippen LogP contribution in [-0.4, -0.2) is 50.3 Å². The molecule has 0 spiro atoms. The maximum atomic E-state index is 13.2. The predicted octanol–water partition coefficient (Wildman–Crippen LogP) is 5.06. The Morgan fingerprint density at radius 1 is 1.09 bits per heavy atom. The fourth-order valence-electron chi connectivity index (χ4n) is 3.37. The summed E-state index contributed by atoms with van der Waals surface area (Å²) < 4.78 is 12.3. The van der Waals surface area contributed by atoms with Gasteiger partial charge < -0.3 is 19.4 Å². The zero-order chi connectivity index (χ0) is 25.4. The molecule has 0 unspecified atom stereocenters. The van der Waals surface area contributed by atoms with Crippen molar-refractivity contribution in [3.8, 4) is 0 Å². The Kier molecular flexibility index (Phi) is 8.62. The maximum Gasteiger partial charge on any atom is 0.417 e. The van der Waals surface area contributed by atoms with Crippen molar-refractivity contribution in [3.63, 3.8) is 0 Å². The first-order chi connectivity index (χ1) is 16.7. The van der Waals surface area contributed by atoms with E-state index in [2.05, 4.69) is 27.2 Å². The number of para-hydroxylation sites is 1. The highest BCUT2D eigenvalue weighted by Gasteiger charge is 2.27. The minimum atomic E-state index is -0.680. The Balaban J connectivity index is 2.09. The minimum Gasteiger partial charge on any atom is -0.465 e. The number of aromatic nitrogens is 4. The van der Waals surface area contributed by atoms with Crippen LogP contribution in [0, 0.1) is 0 Å². The average molecular weight is 483 g/mol. The summed E-state index contributed by atoms with van der Waals surface area (Å²) in [5, 5.41) is 3.27. The summed E-state index contributed by atoms with van der Waals surface area (Å²) in [6, 6.07) is 9.52. The van der Waals surface area contributed by atoms with Crippen LogP contribution in [0.4, 0.5) is 22.2 Å². The molecule has 1 N–H and O–H groups in total. The molecule has 35 heavy (non-hydrogen) atoms. The minimum absolute atomic E-state index is 0.0617. The number of nitrogens with zero attached hydrogens (tertiary/aromatic N) is 5. The molecule has 1 amide bonds. The number of carbonyl (C=O) groups excluding carboxylic acids is 2. The van der Waals surface area contributed by atoms with Crippen LogP contribution in [0.2, 0.25) is 0 Å². The van der Waals surface area contributed by atoms with E-state index in [-0.39, 0.29) is 19.1 Å². The van der Waals surface area contributed by atoms with Gasteiger partial charge in [0.1, 0.15) is 12.1 Å². The summed E-state index contributed by atoms with van der Waals surface area (Å²) in [6.07, 6.45) is 3.69. The van der Waals surface area contributed by atoms with Crippen molar-refractivity contribution in [2.45, 2.75) is 66.0 Å². The molecule has 1 aromatic carbocycles. The first kappa shape index (κ1) is 25.9. The van der Waals surface area contributed by atoms with E-state index >= 15 is 0 Å². The highest BCUT2D eigenvalue weighted by Crippen LogP contribution is 2.27. The lowest BCUT2D eigenvalue weighted by Gasteiger charge is -2.26. The van der Waals surface area contributed by atoms with Crippen LogP contribution in [0.15, 0.2) is 36.7 Å². The predicted molar refractivity (Wildman–Crippen MR) is 135 cm³/mol. The second-order valence-electron chi connectivity index (χ2n) is 9.05. The van der Waals surface area contributed by atoms with E-state index in [4.69, 9.17) is 9.47 Å². The Morgan fingerprint density at radius 2 is 1.83 bits per heavy atom. The number of hydrogen-bond acceptors (Lipinski definition) is 8. The summed E-state index contributed by atoms with van der Waals surface area (Å²) in [5.74, 6) is 0.186. The summed E-state index contributed by atoms with van der Waals surface area (Å²) >= 11 is 0. The molecule has 0 aliphatic carbocycles. The van der Waals surface area contributed by atoms with Crippen LogP contribution >= 0.6 is 0 Å². The number of amides is 1. The molecule has 2 aromatic heterocycles. The van der Waals surface area contributed by atoms with Gasteiger partial charge in [-0.1, -0.05) is 38.0 Å². The Morgan fingerprint density at radius 3 is 2.49 bits per heavy atom. The highest BCUT2D eigenvalue weighted by molar-refractivity contribution is 5.91. The fraction of sp³-hybridized carbons (Fsp3) is 0.480. The van der Waals surface area contributed by atoms with E-state index in [0.29, 0.717) is 23.5 Å². The van der Waals surface area contributed by atoms with Crippen molar-refractivity contribution < 1.29 is 19.1 Å². The number of benzene rings is 1. The van der Waals surface area contributed by atoms with E-state index in [1.807, 2.05) is 51.1 Å². The quantitative estimate of drug-likeness (QED) is 0.315. The number of nitrogens with one attached hydrogen (secondary N) is 1. The Labute approximate surface area is 205 Å². The van der Waals surface area contributed by atoms with Gasteiger partial charge in [-0.2, -0.15) is 9.97 Å². The van der Waals surface area contributed by atoms with Crippen LogP contribution in [0.1, 0.15) is 53.9 Å². The molecule has 0 aliphatic heterocycles. The van der Waals surface area contributed by atoms with E-state index in [9.17, 15) is 9.59 Å². The largest absolute Gasteiger partial charge is 0.465 e. The molecule has 2 heterocycles. The number of hydrogen-bond donors (Lipinski definition) is 1. The molecule has 0 aliphatic rings. The summed E-state index contributed by atoms with van der Waals surface area (Å²) in [4.78, 5) is 40.5. The molecular formula is C25H34N6O4. The second-order valence-corrected chi connectivity index (χ2v) is 9.05. The topological polar surface area (TPSA) is 111 Å². The van der Waals surface area contributed by atoms with Crippen LogP contribution < -0.4 is 10.2 Å². The highest BCUT2D eigenvalue weighted by atomic mass is 16.6. The smallest absolute Gasteiger partial charge is 0.417 e. The molecule has 3 rings (SSSR count). The monoisotopic (exact) mass is 482 g/mol. The number of anilines is 3. The molecule has 0 saturated heterocycles. The molecule has 0 saturated carbocycles. The van der Waals surface area contributed by atoms with Crippen molar-refractivity contribution in [1.29, 1.82) is 0 Å². The van der Waals surface area contributed by atoms with Crippen molar-refractivity contribution in [3.05, 3.63) is 36.7 Å². The van der Waals surface area contributed by atoms with E-state index in [1.54, 1.807) is 11.5 Å². The number of carbonyl (C=O) groups is 2. The van der Waals surface area contributed by atoms with Gasteiger partial charge >= 0.3 is 12.1 Å². The zero-order valence-corrected chi connectivity index (χ0v) is 21.1. The number of imidazole rings is 1. The molecule has 0 bridgehead atoms. The standard InChI is InChI=1S/C25H34N6O4/c1-6-8-12-15-31(24(33)35-25(3,4)5)23-28-21(27-18-13-10-9-11-14-18)20-22(29-23)30(17-26-20)16-19(32)34-7-2/h9-11,13-14,17H,6-8,12,15-16H2,1-5H3,(H,27,28,29). The number of unbranched alkanes of at least 4 members (excludes halogenated alkanes) is 2. The number of ether oxygens (including phenoxy) is 2. The van der Waals surface area contributed by atoms with Crippen molar-refractivity contribution in [2.24, 2.45) is 0 Å². The Bertz CT molecular complexity index is 1140. The van der Waals surface area contributed by atoms with Crippen molar-refractivity contribution in [1.82, 2.24) is 19.5 Å². The molecule has 10 heteroatoms. The summed E-state index contributed by atoms with van der Waals surface area (Å²) in [6.45, 7) is 9.90. The van der Waals surface area contributed by atoms with Gasteiger partial charge in [0, 0.05) is 12.2 Å². The molecule has 0 radical (unpaired) electrons. The van der Waals surface area contributed by atoms with E-state index in [0.717, 1.165) is 24.9 Å². The normalized spacial score (nSPS) is 11.3. The van der Waals surface area contributed by atoms with Gasteiger partial charge in [0.15, 0.2) is 17.0 Å². The van der Waals surface area contributed by atoms with Crippen molar-refractivity contribution >= 4 is 40.7 Å². The fourth-order valence-corrected chi connectivity index (χ4v) is 3.37. The number of fused-ring (bicyclic) bond motifs is 1. The molecule has 188 valence electrons. The Hall–Kier alpha value is -3.69. The third kappa shape index (κ3) is 7.14. The molecule has 10 nitrogen and oxygen atoms in total. The van der Waals surface area contributed by atoms with Gasteiger partial charge in [0.05, 0.1) is 12.9 Å². The molecule has 3 aromatic rings. The SMILES string of the molecule is CCCCCN(C(=O)OC(C)(C)C)c1nc(Nc2ccccc2)c2ncn(CC(=O)OCC)c2n1. The molecule has 0 fully saturated rings. The first-order valence-electron chi connectivity index (χ1n) is 11.9. The van der Waals surface area contributed by atoms with Crippen LogP contribution in [0.25, 0.3) is 11.2 Å². The molecular weight excluding hydrogens is 448 g/mol. The lowest BCUT2D eigenvalue weighted by atomic mass is 10.2. The van der Waals surface area contributed by atoms with Gasteiger partial charge in [-0.3, -0.25) is 4.79 Å². The van der Waals surface area contributed by atoms with Crippen LogP contribution in [0.3, 0.4) is 0 Å². The summed E-state index contributed by atoms with van der Waals surface area (Å²) in [5.41, 5.74) is 0.999. The lowest BCUT2D eigenvalue weighted by molar-refractivity contribution is -0.143. The number of rotatable bonds is 10. The summed E-state index contributed by atoms with van der Waals surface area (Å²) in [7, 11) is 0. The third-order valence-electron chi connectivity index (χ3n) is 4.93. The second kappa shape index (κ2) is 11.6. The lowest BCUT2D eigenvalue weighted by Crippen LogP contribution is -2.38. The van der Waals surface area contributed by atoms with Gasteiger partial charge in [-0.25, -0.2) is 14.7 Å². The van der Waals surface area contributed by atoms with E-state index < -0.39 is 17.7 Å².